The number of nitrogens with one attached hydrogen (secondary N) is 2. The Kier molecular flexibility index (Phi) is 8.66. The predicted molar refractivity (Wildman–Crippen MR) is 118 cm³/mol. The molecule has 2 fully saturated rings. The summed E-state index contributed by atoms with van der Waals surface area (Å²) in [7, 11) is 1.73. The van der Waals surface area contributed by atoms with Crippen LogP contribution >= 0.6 is 24.0 Å². The van der Waals surface area contributed by atoms with E-state index in [1.54, 1.807) is 7.05 Å². The average molecular weight is 511 g/mol. The molecule has 0 amide bonds. The van der Waals surface area contributed by atoms with Gasteiger partial charge in [0.2, 0.25) is 0 Å². The second-order valence-electron chi connectivity index (χ2n) is 7.37. The third-order valence-electron chi connectivity index (χ3n) is 5.21. The molecule has 28 heavy (non-hydrogen) atoms. The van der Waals surface area contributed by atoms with Crippen LogP contribution in [-0.4, -0.2) is 69.4 Å². The van der Waals surface area contributed by atoms with Crippen LogP contribution in [-0.2, 0) is 0 Å². The third kappa shape index (κ3) is 6.98. The van der Waals surface area contributed by atoms with Gasteiger partial charge in [0.1, 0.15) is 0 Å². The fourth-order valence-electron chi connectivity index (χ4n) is 3.86. The minimum absolute atomic E-state index is 0. The zero-order valence-corrected chi connectivity index (χ0v) is 18.4. The molecule has 0 spiro atoms. The van der Waals surface area contributed by atoms with Gasteiger partial charge >= 0.3 is 6.18 Å². The van der Waals surface area contributed by atoms with Crippen LogP contribution in [0.5, 0.6) is 0 Å². The Bertz CT molecular complexity index is 626. The van der Waals surface area contributed by atoms with Crippen LogP contribution in [0.2, 0.25) is 0 Å². The van der Waals surface area contributed by atoms with Crippen LogP contribution in [0.1, 0.15) is 12.8 Å². The van der Waals surface area contributed by atoms with Gasteiger partial charge in [-0.3, -0.25) is 9.89 Å². The Hall–Kier alpha value is -1.23. The van der Waals surface area contributed by atoms with E-state index in [0.29, 0.717) is 25.7 Å². The number of nitrogens with zero attached hydrogens (tertiary/aromatic N) is 3. The number of rotatable bonds is 5. The maximum Gasteiger partial charge on any atom is 0.401 e. The zero-order valence-electron chi connectivity index (χ0n) is 16.1. The van der Waals surface area contributed by atoms with E-state index in [2.05, 4.69) is 32.7 Å². The number of halogens is 4. The van der Waals surface area contributed by atoms with Gasteiger partial charge in [0.05, 0.1) is 6.54 Å². The van der Waals surface area contributed by atoms with Gasteiger partial charge in [0.25, 0.3) is 0 Å². The van der Waals surface area contributed by atoms with E-state index in [1.165, 1.54) is 10.6 Å². The number of hydrogen-bond donors (Lipinski definition) is 2. The van der Waals surface area contributed by atoms with Gasteiger partial charge in [-0.15, -0.1) is 24.0 Å². The molecule has 5 nitrogen and oxygen atoms in total. The molecule has 0 saturated carbocycles. The molecule has 2 aliphatic heterocycles. The summed E-state index contributed by atoms with van der Waals surface area (Å²) in [5.41, 5.74) is 1.22. The highest BCUT2D eigenvalue weighted by Gasteiger charge is 2.34. The molecular weight excluding hydrogens is 482 g/mol. The van der Waals surface area contributed by atoms with Crippen molar-refractivity contribution in [2.75, 3.05) is 51.2 Å². The van der Waals surface area contributed by atoms with Crippen molar-refractivity contribution in [3.63, 3.8) is 0 Å². The average Bonchev–Trinajstić information content (AvgIpc) is 3.27. The molecule has 2 unspecified atom stereocenters. The Morgan fingerprint density at radius 3 is 2.57 bits per heavy atom. The van der Waals surface area contributed by atoms with Gasteiger partial charge in [-0.05, 0) is 37.4 Å². The number of para-hydroxylation sites is 1. The van der Waals surface area contributed by atoms with E-state index in [1.807, 2.05) is 18.2 Å². The number of aliphatic imine (C=N–C) groups is 1. The highest BCUT2D eigenvalue weighted by atomic mass is 127. The van der Waals surface area contributed by atoms with Crippen molar-refractivity contribution in [3.05, 3.63) is 30.3 Å². The van der Waals surface area contributed by atoms with Crippen molar-refractivity contribution in [2.24, 2.45) is 10.9 Å². The lowest BCUT2D eigenvalue weighted by Gasteiger charge is -2.21. The Labute approximate surface area is 181 Å². The number of alkyl halides is 3. The lowest BCUT2D eigenvalue weighted by Crippen LogP contribution is -2.46. The van der Waals surface area contributed by atoms with Crippen LogP contribution in [0, 0.1) is 5.92 Å². The second-order valence-corrected chi connectivity index (χ2v) is 7.37. The van der Waals surface area contributed by atoms with Gasteiger partial charge in [0, 0.05) is 45.0 Å². The van der Waals surface area contributed by atoms with Crippen LogP contribution in [0.4, 0.5) is 18.9 Å². The number of guanidine groups is 1. The molecule has 0 aliphatic carbocycles. The normalized spacial score (nSPS) is 23.6. The highest BCUT2D eigenvalue weighted by molar-refractivity contribution is 14.0. The largest absolute Gasteiger partial charge is 0.401 e. The number of anilines is 1. The Balaban J connectivity index is 0.00000280. The lowest BCUT2D eigenvalue weighted by atomic mass is 10.1. The van der Waals surface area contributed by atoms with Crippen molar-refractivity contribution in [1.82, 2.24) is 15.5 Å². The monoisotopic (exact) mass is 511 g/mol. The Morgan fingerprint density at radius 2 is 1.89 bits per heavy atom. The molecule has 0 radical (unpaired) electrons. The van der Waals surface area contributed by atoms with Crippen molar-refractivity contribution in [2.45, 2.75) is 25.1 Å². The maximum atomic E-state index is 12.5. The van der Waals surface area contributed by atoms with Crippen LogP contribution in [0.3, 0.4) is 0 Å². The molecule has 2 saturated heterocycles. The first-order valence-electron chi connectivity index (χ1n) is 9.49. The first-order valence-corrected chi connectivity index (χ1v) is 9.49. The number of hydrogen-bond acceptors (Lipinski definition) is 3. The standard InChI is InChI=1S/C19H28F3N5.HI/c1-23-18(24-11-15-7-9-26(12-15)14-19(20,21)22)25-16-8-10-27(13-16)17-5-3-2-4-6-17;/h2-6,15-16H,7-14H2,1H3,(H2,23,24,25);1H. The number of benzene rings is 1. The Morgan fingerprint density at radius 1 is 1.14 bits per heavy atom. The van der Waals surface area contributed by atoms with Gasteiger partial charge in [-0.25, -0.2) is 0 Å². The van der Waals surface area contributed by atoms with E-state index in [9.17, 15) is 13.2 Å². The van der Waals surface area contributed by atoms with Gasteiger partial charge in [-0.1, -0.05) is 18.2 Å². The minimum Gasteiger partial charge on any atom is -0.369 e. The van der Waals surface area contributed by atoms with E-state index in [-0.39, 0.29) is 29.9 Å². The fraction of sp³-hybridized carbons (Fsp3) is 0.632. The smallest absolute Gasteiger partial charge is 0.369 e. The third-order valence-corrected chi connectivity index (χ3v) is 5.21. The van der Waals surface area contributed by atoms with Gasteiger partial charge in [0.15, 0.2) is 5.96 Å². The molecule has 2 aliphatic rings. The molecule has 1 aromatic carbocycles. The SMILES string of the molecule is CN=C(NCC1CCN(CC(F)(F)F)C1)NC1CCN(c2ccccc2)C1.I. The topological polar surface area (TPSA) is 42.9 Å². The van der Waals surface area contributed by atoms with Crippen LogP contribution in [0.15, 0.2) is 35.3 Å². The summed E-state index contributed by atoms with van der Waals surface area (Å²) in [6.07, 6.45) is -2.31. The van der Waals surface area contributed by atoms with Crippen LogP contribution < -0.4 is 15.5 Å². The van der Waals surface area contributed by atoms with Gasteiger partial charge in [-0.2, -0.15) is 13.2 Å². The summed E-state index contributed by atoms with van der Waals surface area (Å²) in [5, 5.41) is 6.73. The molecule has 0 bridgehead atoms. The summed E-state index contributed by atoms with van der Waals surface area (Å²) in [6, 6.07) is 10.6. The molecule has 2 heterocycles. The van der Waals surface area contributed by atoms with Gasteiger partial charge < -0.3 is 15.5 Å². The molecule has 3 rings (SSSR count). The van der Waals surface area contributed by atoms with E-state index < -0.39 is 12.7 Å². The van der Waals surface area contributed by atoms with E-state index in [4.69, 9.17) is 0 Å². The van der Waals surface area contributed by atoms with Crippen LogP contribution in [0.25, 0.3) is 0 Å². The molecular formula is C19H29F3IN5. The molecule has 9 heteroatoms. The lowest BCUT2D eigenvalue weighted by molar-refractivity contribution is -0.143. The summed E-state index contributed by atoms with van der Waals surface area (Å²) < 4.78 is 37.5. The zero-order chi connectivity index (χ0) is 19.3. The summed E-state index contributed by atoms with van der Waals surface area (Å²) in [6.45, 7) is 2.72. The quantitative estimate of drug-likeness (QED) is 0.363. The predicted octanol–water partition coefficient (Wildman–Crippen LogP) is 2.93. The van der Waals surface area contributed by atoms with E-state index in [0.717, 1.165) is 31.9 Å². The minimum atomic E-state index is -4.12. The van der Waals surface area contributed by atoms with E-state index >= 15 is 0 Å². The molecule has 2 N–H and O–H groups in total. The first kappa shape index (κ1) is 23.1. The summed E-state index contributed by atoms with van der Waals surface area (Å²) >= 11 is 0. The van der Waals surface area contributed by atoms with Crippen molar-refractivity contribution in [3.8, 4) is 0 Å². The highest BCUT2D eigenvalue weighted by Crippen LogP contribution is 2.22. The maximum absolute atomic E-state index is 12.5. The fourth-order valence-corrected chi connectivity index (χ4v) is 3.86. The first-order chi connectivity index (χ1) is 12.9. The van der Waals surface area contributed by atoms with Crippen molar-refractivity contribution >= 4 is 35.6 Å². The molecule has 158 valence electrons. The van der Waals surface area contributed by atoms with Crippen molar-refractivity contribution in [1.29, 1.82) is 0 Å². The van der Waals surface area contributed by atoms with Crippen molar-refractivity contribution < 1.29 is 13.2 Å². The summed E-state index contributed by atoms with van der Waals surface area (Å²) in [4.78, 5) is 8.10. The number of likely N-dealkylation sites (tertiary alicyclic amines) is 1. The second kappa shape index (κ2) is 10.5. The molecule has 1 aromatic rings. The molecule has 2 atom stereocenters. The summed E-state index contributed by atoms with van der Waals surface area (Å²) in [5.74, 6) is 0.944. The molecule has 0 aromatic heterocycles.